The first-order valence-corrected chi connectivity index (χ1v) is 5.57. The monoisotopic (exact) mass is 248 g/mol. The fourth-order valence-corrected chi connectivity index (χ4v) is 2.40. The van der Waals surface area contributed by atoms with Crippen LogP contribution in [-0.4, -0.2) is 21.1 Å². The fourth-order valence-electron chi connectivity index (χ4n) is 1.58. The van der Waals surface area contributed by atoms with Crippen LogP contribution in [0.2, 0.25) is 0 Å². The lowest BCUT2D eigenvalue weighted by Gasteiger charge is -2.11. The third-order valence-corrected chi connectivity index (χ3v) is 3.04. The van der Waals surface area contributed by atoms with Crippen LogP contribution in [0.3, 0.4) is 0 Å². The van der Waals surface area contributed by atoms with E-state index >= 15 is 0 Å². The van der Waals surface area contributed by atoms with Crippen molar-refractivity contribution < 1.29 is 9.90 Å². The van der Waals surface area contributed by atoms with Crippen molar-refractivity contribution in [3.05, 3.63) is 40.3 Å². The molecule has 0 bridgehead atoms. The van der Waals surface area contributed by atoms with Gasteiger partial charge in [-0.15, -0.1) is 0 Å². The summed E-state index contributed by atoms with van der Waals surface area (Å²) < 4.78 is 1.58. The molecular formula is C11H8N2O3S. The Balaban J connectivity index is 0.000000329. The van der Waals surface area contributed by atoms with Gasteiger partial charge in [-0.3, -0.25) is 9.36 Å². The van der Waals surface area contributed by atoms with E-state index in [1.807, 2.05) is 23.6 Å². The minimum Gasteiger partial charge on any atom is -0.483 e. The van der Waals surface area contributed by atoms with E-state index in [0.717, 1.165) is 15.8 Å². The third-order valence-electron chi connectivity index (χ3n) is 2.20. The first-order chi connectivity index (χ1) is 8.27. The van der Waals surface area contributed by atoms with Crippen molar-refractivity contribution in [1.82, 2.24) is 9.55 Å². The molecule has 2 heterocycles. The zero-order valence-electron chi connectivity index (χ0n) is 8.61. The Labute approximate surface area is 100 Å². The highest BCUT2D eigenvalue weighted by atomic mass is 32.2. The van der Waals surface area contributed by atoms with Gasteiger partial charge >= 0.3 is 5.69 Å². The topological polar surface area (TPSA) is 72.2 Å². The largest absolute Gasteiger partial charge is 0.483 e. The molecule has 1 aromatic carbocycles. The summed E-state index contributed by atoms with van der Waals surface area (Å²) in [5.74, 6) is 0. The number of hydrogen-bond donors (Lipinski definition) is 1. The maximum absolute atomic E-state index is 11.4. The second-order valence-electron chi connectivity index (χ2n) is 3.11. The number of para-hydroxylation sites is 1. The number of rotatable bonds is 0. The fraction of sp³-hybridized carbons (Fsp3) is 0. The van der Waals surface area contributed by atoms with Gasteiger partial charge in [0.2, 0.25) is 0 Å². The van der Waals surface area contributed by atoms with Gasteiger partial charge in [-0.05, 0) is 11.5 Å². The minimum atomic E-state index is -0.250. The van der Waals surface area contributed by atoms with Gasteiger partial charge in [-0.2, -0.15) is 0 Å². The van der Waals surface area contributed by atoms with Gasteiger partial charge < -0.3 is 5.11 Å². The molecule has 1 aromatic heterocycles. The molecule has 0 spiro atoms. The first kappa shape index (κ1) is 11.4. The van der Waals surface area contributed by atoms with Gasteiger partial charge in [0.05, 0.1) is 5.52 Å². The molecule has 17 heavy (non-hydrogen) atoms. The van der Waals surface area contributed by atoms with Crippen LogP contribution in [0, 0.1) is 0 Å². The lowest BCUT2D eigenvalue weighted by atomic mass is 10.2. The Morgan fingerprint density at radius 2 is 2.18 bits per heavy atom. The van der Waals surface area contributed by atoms with Crippen molar-refractivity contribution in [3.63, 3.8) is 0 Å². The number of carboxylic acid groups (broad SMARTS) is 1. The van der Waals surface area contributed by atoms with Gasteiger partial charge in [0.25, 0.3) is 6.47 Å². The number of carbonyl (C=O) groups is 1. The Hall–Kier alpha value is -2.08. The first-order valence-electron chi connectivity index (χ1n) is 4.69. The second kappa shape index (κ2) is 4.84. The van der Waals surface area contributed by atoms with Crippen LogP contribution in [-0.2, 0) is 4.79 Å². The summed E-state index contributed by atoms with van der Waals surface area (Å²) in [7, 11) is 0. The molecule has 0 saturated carbocycles. The quantitative estimate of drug-likeness (QED) is 0.717. The van der Waals surface area contributed by atoms with E-state index in [9.17, 15) is 4.79 Å². The summed E-state index contributed by atoms with van der Waals surface area (Å²) in [6, 6.07) is 5.94. The van der Waals surface area contributed by atoms with Gasteiger partial charge in [0.15, 0.2) is 0 Å². The molecule has 0 atom stereocenters. The van der Waals surface area contributed by atoms with Crippen LogP contribution in [0.4, 0.5) is 0 Å². The summed E-state index contributed by atoms with van der Waals surface area (Å²) in [5.41, 5.74) is 0.738. The zero-order chi connectivity index (χ0) is 12.3. The number of hydrogen-bond acceptors (Lipinski definition) is 4. The average Bonchev–Trinajstić information content (AvgIpc) is 2.35. The van der Waals surface area contributed by atoms with Crippen molar-refractivity contribution >= 4 is 35.3 Å². The van der Waals surface area contributed by atoms with E-state index < -0.39 is 0 Å². The highest BCUT2D eigenvalue weighted by Crippen LogP contribution is 2.30. The molecule has 0 fully saturated rings. The summed E-state index contributed by atoms with van der Waals surface area (Å²) in [4.78, 5) is 24.7. The molecule has 0 saturated heterocycles. The van der Waals surface area contributed by atoms with Crippen molar-refractivity contribution in [2.75, 3.05) is 0 Å². The van der Waals surface area contributed by atoms with Crippen LogP contribution in [0.5, 0.6) is 0 Å². The highest BCUT2D eigenvalue weighted by Gasteiger charge is 2.09. The van der Waals surface area contributed by atoms with E-state index in [1.54, 1.807) is 28.7 Å². The van der Waals surface area contributed by atoms with Gasteiger partial charge in [0, 0.05) is 22.7 Å². The van der Waals surface area contributed by atoms with Crippen molar-refractivity contribution in [1.29, 1.82) is 0 Å². The third kappa shape index (κ3) is 2.07. The molecule has 86 valence electrons. The molecule has 1 aliphatic rings. The molecule has 1 N–H and O–H groups in total. The molecule has 5 nitrogen and oxygen atoms in total. The predicted molar refractivity (Wildman–Crippen MR) is 65.9 cm³/mol. The average molecular weight is 248 g/mol. The maximum atomic E-state index is 11.4. The van der Waals surface area contributed by atoms with Crippen molar-refractivity contribution in [2.24, 2.45) is 0 Å². The molecule has 0 unspecified atom stereocenters. The molecule has 6 heteroatoms. The van der Waals surface area contributed by atoms with Crippen LogP contribution in [0.25, 0.3) is 17.1 Å². The highest BCUT2D eigenvalue weighted by molar-refractivity contribution is 8.02. The van der Waals surface area contributed by atoms with Gasteiger partial charge in [-0.1, -0.05) is 23.9 Å². The summed E-state index contributed by atoms with van der Waals surface area (Å²) in [5, 5.41) is 9.78. The van der Waals surface area contributed by atoms with Crippen LogP contribution in [0.1, 0.15) is 0 Å². The Morgan fingerprint density at radius 3 is 2.94 bits per heavy atom. The van der Waals surface area contributed by atoms with Crippen LogP contribution >= 0.6 is 11.8 Å². The zero-order valence-corrected chi connectivity index (χ0v) is 9.42. The van der Waals surface area contributed by atoms with E-state index in [1.165, 1.54) is 0 Å². The second-order valence-corrected chi connectivity index (χ2v) is 4.06. The SMILES string of the molecule is O=CO.O=c1ncc2cccc3c2n1C=CS3. The molecule has 1 aliphatic heterocycles. The molecule has 0 aliphatic carbocycles. The Bertz CT molecular complexity index is 649. The van der Waals surface area contributed by atoms with Gasteiger partial charge in [-0.25, -0.2) is 9.78 Å². The lowest BCUT2D eigenvalue weighted by molar-refractivity contribution is -0.122. The van der Waals surface area contributed by atoms with Crippen molar-refractivity contribution in [3.8, 4) is 0 Å². The smallest absolute Gasteiger partial charge is 0.352 e. The van der Waals surface area contributed by atoms with Crippen LogP contribution in [0.15, 0.2) is 39.5 Å². The molecular weight excluding hydrogens is 240 g/mol. The standard InChI is InChI=1S/C10H6N2OS.CH2O2/c13-10-11-6-7-2-1-3-8-9(7)12(10)4-5-14-8;2-1-3/h1-6H;1H,(H,2,3). The number of aromatic nitrogens is 2. The predicted octanol–water partition coefficient (Wildman–Crippen LogP) is 1.63. The maximum Gasteiger partial charge on any atom is 0.352 e. The molecule has 2 aromatic rings. The Kier molecular flexibility index (Phi) is 3.24. The van der Waals surface area contributed by atoms with E-state index in [4.69, 9.17) is 9.90 Å². The molecule has 0 radical (unpaired) electrons. The van der Waals surface area contributed by atoms with E-state index in [0.29, 0.717) is 0 Å². The summed E-state index contributed by atoms with van der Waals surface area (Å²) >= 11 is 1.62. The van der Waals surface area contributed by atoms with Crippen LogP contribution < -0.4 is 5.69 Å². The van der Waals surface area contributed by atoms with E-state index in [-0.39, 0.29) is 12.2 Å². The van der Waals surface area contributed by atoms with Crippen molar-refractivity contribution in [2.45, 2.75) is 4.90 Å². The lowest BCUT2D eigenvalue weighted by Crippen LogP contribution is -2.19. The molecule has 0 amide bonds. The normalized spacial score (nSPS) is 11.8. The van der Waals surface area contributed by atoms with E-state index in [2.05, 4.69) is 4.98 Å². The number of thioether (sulfide) groups is 1. The summed E-state index contributed by atoms with van der Waals surface area (Å²) in [6.45, 7) is -0.250. The Morgan fingerprint density at radius 1 is 1.41 bits per heavy atom. The molecule has 3 rings (SSSR count). The minimum absolute atomic E-state index is 0.221. The number of benzene rings is 1. The number of nitrogens with zero attached hydrogens (tertiary/aromatic N) is 2. The summed E-state index contributed by atoms with van der Waals surface area (Å²) in [6.07, 6.45) is 3.38. The van der Waals surface area contributed by atoms with Gasteiger partial charge in [0.1, 0.15) is 0 Å².